The Bertz CT molecular complexity index is 742. The highest BCUT2D eigenvalue weighted by Gasteiger charge is 2.36. The molecule has 134 valence electrons. The first kappa shape index (κ1) is 17.5. The van der Waals surface area contributed by atoms with Crippen LogP contribution in [-0.2, 0) is 24.8 Å². The third-order valence-corrected chi connectivity index (χ3v) is 4.93. The first-order chi connectivity index (χ1) is 12.0. The number of ether oxygens (including phenoxy) is 1. The summed E-state index contributed by atoms with van der Waals surface area (Å²) in [6.07, 6.45) is 0.369. The van der Waals surface area contributed by atoms with Crippen molar-refractivity contribution >= 4 is 6.09 Å². The average Bonchev–Trinajstić information content (AvgIpc) is 3.08. The van der Waals surface area contributed by atoms with Gasteiger partial charge in [-0.1, -0.05) is 30.3 Å². The molecule has 0 bridgehead atoms. The van der Waals surface area contributed by atoms with Crippen molar-refractivity contribution in [1.29, 1.82) is 0 Å². The van der Waals surface area contributed by atoms with Gasteiger partial charge >= 0.3 is 6.09 Å². The lowest BCUT2D eigenvalue weighted by Gasteiger charge is -2.24. The minimum Gasteiger partial charge on any atom is -0.445 e. The molecule has 0 radical (unpaired) electrons. The van der Waals surface area contributed by atoms with Crippen LogP contribution in [-0.4, -0.2) is 44.6 Å². The second kappa shape index (κ2) is 7.27. The number of rotatable bonds is 4. The van der Waals surface area contributed by atoms with Crippen molar-refractivity contribution in [3.05, 3.63) is 52.8 Å². The van der Waals surface area contributed by atoms with Crippen LogP contribution in [0.4, 0.5) is 4.79 Å². The van der Waals surface area contributed by atoms with Gasteiger partial charge < -0.3 is 14.7 Å². The fraction of sp³-hybridized carbons (Fsp3) is 0.474. The Kier molecular flexibility index (Phi) is 5.08. The zero-order valence-corrected chi connectivity index (χ0v) is 15.0. The van der Waals surface area contributed by atoms with Crippen LogP contribution >= 0.6 is 0 Å². The van der Waals surface area contributed by atoms with E-state index in [1.807, 2.05) is 55.9 Å². The Balaban J connectivity index is 1.67. The topological polar surface area (TPSA) is 67.6 Å². The van der Waals surface area contributed by atoms with Gasteiger partial charge in [0.2, 0.25) is 0 Å². The molecule has 1 N–H and O–H groups in total. The number of carbonyl (C=O) groups excluding carboxylic acids is 1. The van der Waals surface area contributed by atoms with E-state index in [0.29, 0.717) is 19.4 Å². The average molecular weight is 343 g/mol. The summed E-state index contributed by atoms with van der Waals surface area (Å²) in [5.41, 5.74) is 4.16. The first-order valence-corrected chi connectivity index (χ1v) is 8.60. The maximum absolute atomic E-state index is 12.5. The molecule has 3 rings (SSSR count). The summed E-state index contributed by atoms with van der Waals surface area (Å²) in [4.78, 5) is 14.2. The SMILES string of the molecule is Cc1nn(C)c(C)c1CC1CC(O)CN1C(=O)OCc1ccccc1. The minimum atomic E-state index is -0.508. The molecule has 2 atom stereocenters. The van der Waals surface area contributed by atoms with Crippen molar-refractivity contribution in [3.8, 4) is 0 Å². The Labute approximate surface area is 148 Å². The van der Waals surface area contributed by atoms with Gasteiger partial charge in [0, 0.05) is 18.8 Å². The molecule has 0 saturated carbocycles. The van der Waals surface area contributed by atoms with Crippen molar-refractivity contribution in [2.24, 2.45) is 7.05 Å². The van der Waals surface area contributed by atoms with Crippen molar-refractivity contribution in [3.63, 3.8) is 0 Å². The van der Waals surface area contributed by atoms with E-state index in [9.17, 15) is 9.90 Å². The number of hydrogen-bond donors (Lipinski definition) is 1. The smallest absolute Gasteiger partial charge is 0.410 e. The highest BCUT2D eigenvalue weighted by Crippen LogP contribution is 2.25. The number of hydrogen-bond acceptors (Lipinski definition) is 4. The Morgan fingerprint density at radius 3 is 2.68 bits per heavy atom. The number of aliphatic hydroxyl groups excluding tert-OH is 1. The largest absolute Gasteiger partial charge is 0.445 e. The molecule has 2 unspecified atom stereocenters. The van der Waals surface area contributed by atoms with Gasteiger partial charge in [0.25, 0.3) is 0 Å². The van der Waals surface area contributed by atoms with E-state index in [4.69, 9.17) is 4.74 Å². The summed E-state index contributed by atoms with van der Waals surface area (Å²) in [5.74, 6) is 0. The molecule has 6 heteroatoms. The van der Waals surface area contributed by atoms with Crippen molar-refractivity contribution in [2.45, 2.75) is 45.4 Å². The third-order valence-electron chi connectivity index (χ3n) is 4.93. The molecule has 25 heavy (non-hydrogen) atoms. The van der Waals surface area contributed by atoms with Crippen LogP contribution in [0.25, 0.3) is 0 Å². The molecule has 1 amide bonds. The molecule has 0 aliphatic carbocycles. The number of aryl methyl sites for hydroxylation is 2. The Hall–Kier alpha value is -2.34. The van der Waals surface area contributed by atoms with Crippen LogP contribution in [0.2, 0.25) is 0 Å². The number of nitrogens with zero attached hydrogens (tertiary/aromatic N) is 3. The minimum absolute atomic E-state index is 0.0696. The molecule has 1 saturated heterocycles. The predicted octanol–water partition coefficient (Wildman–Crippen LogP) is 2.35. The van der Waals surface area contributed by atoms with Gasteiger partial charge in [0.05, 0.1) is 18.3 Å². The first-order valence-electron chi connectivity index (χ1n) is 8.60. The highest BCUT2D eigenvalue weighted by atomic mass is 16.6. The molecule has 1 aromatic carbocycles. The number of carbonyl (C=O) groups is 1. The molecule has 1 aliphatic rings. The van der Waals surface area contributed by atoms with Gasteiger partial charge in [-0.2, -0.15) is 5.10 Å². The monoisotopic (exact) mass is 343 g/mol. The predicted molar refractivity (Wildman–Crippen MR) is 94.1 cm³/mol. The van der Waals surface area contributed by atoms with Gasteiger partial charge in [0.1, 0.15) is 6.61 Å². The quantitative estimate of drug-likeness (QED) is 0.925. The van der Waals surface area contributed by atoms with Gasteiger partial charge in [-0.25, -0.2) is 4.79 Å². The van der Waals surface area contributed by atoms with E-state index >= 15 is 0 Å². The number of aromatic nitrogens is 2. The maximum Gasteiger partial charge on any atom is 0.410 e. The molecule has 6 nitrogen and oxygen atoms in total. The standard InChI is InChI=1S/C19H25N3O3/c1-13-18(14(2)21(3)20-13)10-16-9-17(23)11-22(16)19(24)25-12-15-7-5-4-6-8-15/h4-8,16-17,23H,9-12H2,1-3H3. The highest BCUT2D eigenvalue weighted by molar-refractivity contribution is 5.68. The molecule has 0 spiro atoms. The summed E-state index contributed by atoms with van der Waals surface area (Å²) in [6, 6.07) is 9.54. The molecular weight excluding hydrogens is 318 g/mol. The van der Waals surface area contributed by atoms with Crippen LogP contribution < -0.4 is 0 Å². The van der Waals surface area contributed by atoms with Crippen molar-refractivity contribution in [2.75, 3.05) is 6.54 Å². The van der Waals surface area contributed by atoms with Gasteiger partial charge in [-0.15, -0.1) is 0 Å². The number of benzene rings is 1. The lowest BCUT2D eigenvalue weighted by Crippen LogP contribution is -2.37. The van der Waals surface area contributed by atoms with E-state index in [2.05, 4.69) is 5.10 Å². The van der Waals surface area contributed by atoms with Crippen LogP contribution in [0.3, 0.4) is 0 Å². The van der Waals surface area contributed by atoms with Gasteiger partial charge in [0.15, 0.2) is 0 Å². The van der Waals surface area contributed by atoms with E-state index in [0.717, 1.165) is 22.5 Å². The molecular formula is C19H25N3O3. The van der Waals surface area contributed by atoms with Crippen molar-refractivity contribution < 1.29 is 14.6 Å². The van der Waals surface area contributed by atoms with E-state index < -0.39 is 6.10 Å². The Morgan fingerprint density at radius 1 is 1.32 bits per heavy atom. The molecule has 1 aliphatic heterocycles. The van der Waals surface area contributed by atoms with Crippen LogP contribution in [0.15, 0.2) is 30.3 Å². The maximum atomic E-state index is 12.5. The summed E-state index contributed by atoms with van der Waals surface area (Å²) in [7, 11) is 1.92. The second-order valence-corrected chi connectivity index (χ2v) is 6.71. The summed E-state index contributed by atoms with van der Waals surface area (Å²) in [5, 5.41) is 14.5. The zero-order chi connectivity index (χ0) is 18.0. The summed E-state index contributed by atoms with van der Waals surface area (Å²) < 4.78 is 7.30. The lowest BCUT2D eigenvalue weighted by molar-refractivity contribution is 0.0876. The molecule has 2 heterocycles. The normalized spacial score (nSPS) is 20.1. The van der Waals surface area contributed by atoms with Crippen LogP contribution in [0.5, 0.6) is 0 Å². The lowest BCUT2D eigenvalue weighted by atomic mass is 10.0. The Morgan fingerprint density at radius 2 is 2.04 bits per heavy atom. The number of likely N-dealkylation sites (tertiary alicyclic amines) is 1. The molecule has 2 aromatic rings. The van der Waals surface area contributed by atoms with E-state index in [1.165, 1.54) is 0 Å². The van der Waals surface area contributed by atoms with Gasteiger partial charge in [-0.05, 0) is 37.8 Å². The number of β-amino-alcohol motifs (C(OH)–C–C–N with tert-alkyl or cyclic N) is 1. The third kappa shape index (κ3) is 3.85. The van der Waals surface area contributed by atoms with E-state index in [1.54, 1.807) is 4.90 Å². The number of amides is 1. The van der Waals surface area contributed by atoms with Crippen LogP contribution in [0, 0.1) is 13.8 Å². The van der Waals surface area contributed by atoms with E-state index in [-0.39, 0.29) is 18.7 Å². The fourth-order valence-corrected chi connectivity index (χ4v) is 3.46. The fourth-order valence-electron chi connectivity index (χ4n) is 3.46. The molecule has 1 fully saturated rings. The summed E-state index contributed by atoms with van der Waals surface area (Å²) in [6.45, 7) is 4.56. The zero-order valence-electron chi connectivity index (χ0n) is 15.0. The van der Waals surface area contributed by atoms with Gasteiger partial charge in [-0.3, -0.25) is 4.68 Å². The second-order valence-electron chi connectivity index (χ2n) is 6.71. The number of aliphatic hydroxyl groups is 1. The van der Waals surface area contributed by atoms with Crippen LogP contribution in [0.1, 0.15) is 28.9 Å². The van der Waals surface area contributed by atoms with Crippen molar-refractivity contribution in [1.82, 2.24) is 14.7 Å². The summed E-state index contributed by atoms with van der Waals surface area (Å²) >= 11 is 0. The molecule has 1 aromatic heterocycles.